The Bertz CT molecular complexity index is 785. The molecule has 1 atom stereocenters. The Labute approximate surface area is 209 Å². The van der Waals surface area contributed by atoms with Gasteiger partial charge in [0.2, 0.25) is 0 Å². The average molecular weight is 467 g/mol. The molecule has 0 radical (unpaired) electrons. The van der Waals surface area contributed by atoms with Crippen molar-refractivity contribution in [2.24, 2.45) is 0 Å². The molecule has 2 nitrogen and oxygen atoms in total. The zero-order valence-corrected chi connectivity index (χ0v) is 22.4. The molecule has 2 rings (SSSR count). The van der Waals surface area contributed by atoms with Gasteiger partial charge in [-0.1, -0.05) is 122 Å². The van der Waals surface area contributed by atoms with Crippen LogP contribution in [0.1, 0.15) is 121 Å². The standard InChI is InChI=1S/C32H50O2/c1-5-6-7-8-9-10-11-13-24-32(34,25-14-12-15-27-18-22-30(33)23-19-27)26-28-16-20-29(21-17-28)31(2,3)4/h16-23,33-34H,5-15,24-26H2,1-4H3. The number of phenolic OH excluding ortho intramolecular Hbond substituents is 1. The smallest absolute Gasteiger partial charge is 0.115 e. The normalized spacial score (nSPS) is 13.7. The predicted octanol–water partition coefficient (Wildman–Crippen LogP) is 8.91. The van der Waals surface area contributed by atoms with Gasteiger partial charge < -0.3 is 10.2 Å². The maximum Gasteiger partial charge on any atom is 0.115 e. The van der Waals surface area contributed by atoms with Crippen LogP contribution in [0.2, 0.25) is 0 Å². The van der Waals surface area contributed by atoms with Crippen molar-refractivity contribution in [3.8, 4) is 5.75 Å². The molecule has 0 heterocycles. The average Bonchev–Trinajstić information content (AvgIpc) is 2.79. The fourth-order valence-electron chi connectivity index (χ4n) is 4.84. The quantitative estimate of drug-likeness (QED) is 0.242. The molecule has 0 fully saturated rings. The van der Waals surface area contributed by atoms with Gasteiger partial charge in [-0.05, 0) is 59.9 Å². The van der Waals surface area contributed by atoms with Gasteiger partial charge in [0.25, 0.3) is 0 Å². The summed E-state index contributed by atoms with van der Waals surface area (Å²) < 4.78 is 0. The van der Waals surface area contributed by atoms with Gasteiger partial charge in [-0.3, -0.25) is 0 Å². The lowest BCUT2D eigenvalue weighted by atomic mass is 9.82. The summed E-state index contributed by atoms with van der Waals surface area (Å²) in [4.78, 5) is 0. The van der Waals surface area contributed by atoms with Crippen molar-refractivity contribution in [3.05, 3.63) is 65.2 Å². The van der Waals surface area contributed by atoms with Crippen molar-refractivity contribution >= 4 is 0 Å². The number of benzene rings is 2. The molecule has 1 unspecified atom stereocenters. The van der Waals surface area contributed by atoms with Gasteiger partial charge in [-0.25, -0.2) is 0 Å². The van der Waals surface area contributed by atoms with Crippen molar-refractivity contribution in [3.63, 3.8) is 0 Å². The van der Waals surface area contributed by atoms with E-state index in [0.717, 1.165) is 44.9 Å². The van der Waals surface area contributed by atoms with Gasteiger partial charge in [0.15, 0.2) is 0 Å². The Morgan fingerprint density at radius 1 is 0.618 bits per heavy atom. The number of aryl methyl sites for hydroxylation is 1. The minimum Gasteiger partial charge on any atom is -0.508 e. The van der Waals surface area contributed by atoms with Gasteiger partial charge in [0.1, 0.15) is 5.75 Å². The number of hydrogen-bond acceptors (Lipinski definition) is 2. The van der Waals surface area contributed by atoms with E-state index in [9.17, 15) is 10.2 Å². The molecule has 0 aliphatic heterocycles. The van der Waals surface area contributed by atoms with Crippen molar-refractivity contribution in [2.45, 2.75) is 129 Å². The zero-order chi connectivity index (χ0) is 24.9. The second-order valence-corrected chi connectivity index (χ2v) is 11.4. The summed E-state index contributed by atoms with van der Waals surface area (Å²) >= 11 is 0. The Morgan fingerprint density at radius 3 is 1.68 bits per heavy atom. The van der Waals surface area contributed by atoms with Crippen LogP contribution in [-0.4, -0.2) is 15.8 Å². The Morgan fingerprint density at radius 2 is 1.12 bits per heavy atom. The van der Waals surface area contributed by atoms with Crippen LogP contribution in [0.15, 0.2) is 48.5 Å². The third kappa shape index (κ3) is 11.1. The molecule has 0 aliphatic rings. The molecule has 34 heavy (non-hydrogen) atoms. The first-order valence-corrected chi connectivity index (χ1v) is 13.8. The number of hydrogen-bond donors (Lipinski definition) is 2. The van der Waals surface area contributed by atoms with E-state index in [0.29, 0.717) is 5.75 Å². The van der Waals surface area contributed by atoms with Crippen molar-refractivity contribution < 1.29 is 10.2 Å². The van der Waals surface area contributed by atoms with E-state index in [4.69, 9.17) is 0 Å². The molecule has 0 aliphatic carbocycles. The Hall–Kier alpha value is -1.80. The maximum atomic E-state index is 11.7. The molecule has 0 saturated heterocycles. The van der Waals surface area contributed by atoms with E-state index in [2.05, 4.69) is 52.0 Å². The highest BCUT2D eigenvalue weighted by Gasteiger charge is 2.26. The molecule has 2 aromatic carbocycles. The molecule has 0 saturated carbocycles. The van der Waals surface area contributed by atoms with Gasteiger partial charge in [-0.2, -0.15) is 0 Å². The SMILES string of the molecule is CCCCCCCCCCC(O)(CCCCc1ccc(O)cc1)Cc1ccc(C(C)(C)C)cc1. The first-order valence-electron chi connectivity index (χ1n) is 13.8. The lowest BCUT2D eigenvalue weighted by Gasteiger charge is -2.29. The number of aromatic hydroxyl groups is 1. The monoisotopic (exact) mass is 466 g/mol. The van der Waals surface area contributed by atoms with Crippen LogP contribution in [0.3, 0.4) is 0 Å². The van der Waals surface area contributed by atoms with E-state index >= 15 is 0 Å². The summed E-state index contributed by atoms with van der Waals surface area (Å²) in [7, 11) is 0. The van der Waals surface area contributed by atoms with Gasteiger partial charge in [0.05, 0.1) is 5.60 Å². The van der Waals surface area contributed by atoms with Gasteiger partial charge in [-0.15, -0.1) is 0 Å². The first-order chi connectivity index (χ1) is 16.2. The molecule has 2 N–H and O–H groups in total. The van der Waals surface area contributed by atoms with E-state index in [-0.39, 0.29) is 5.41 Å². The summed E-state index contributed by atoms with van der Waals surface area (Å²) in [5.41, 5.74) is 3.37. The van der Waals surface area contributed by atoms with Crippen molar-refractivity contribution in [2.75, 3.05) is 0 Å². The van der Waals surface area contributed by atoms with E-state index in [1.165, 1.54) is 61.6 Å². The predicted molar refractivity (Wildman–Crippen MR) is 147 cm³/mol. The number of rotatable bonds is 16. The zero-order valence-electron chi connectivity index (χ0n) is 22.4. The van der Waals surface area contributed by atoms with Crippen molar-refractivity contribution in [1.29, 1.82) is 0 Å². The topological polar surface area (TPSA) is 40.5 Å². The lowest BCUT2D eigenvalue weighted by Crippen LogP contribution is -2.31. The van der Waals surface area contributed by atoms with E-state index < -0.39 is 5.60 Å². The van der Waals surface area contributed by atoms with Crippen LogP contribution in [-0.2, 0) is 18.3 Å². The molecule has 2 heteroatoms. The molecule has 2 aromatic rings. The largest absolute Gasteiger partial charge is 0.508 e. The maximum absolute atomic E-state index is 11.7. The van der Waals surface area contributed by atoms with Crippen LogP contribution in [0.5, 0.6) is 5.75 Å². The highest BCUT2D eigenvalue weighted by atomic mass is 16.3. The molecule has 0 bridgehead atoms. The minimum atomic E-state index is -0.625. The van der Waals surface area contributed by atoms with Crippen molar-refractivity contribution in [1.82, 2.24) is 0 Å². The van der Waals surface area contributed by atoms with Gasteiger partial charge in [0, 0.05) is 6.42 Å². The molecular weight excluding hydrogens is 416 g/mol. The fraction of sp³-hybridized carbons (Fsp3) is 0.625. The van der Waals surface area contributed by atoms with Gasteiger partial charge >= 0.3 is 0 Å². The molecule has 0 amide bonds. The van der Waals surface area contributed by atoms with E-state index in [1.807, 2.05) is 12.1 Å². The summed E-state index contributed by atoms with van der Waals surface area (Å²) in [6.07, 6.45) is 15.9. The first kappa shape index (κ1) is 28.4. The number of unbranched alkanes of at least 4 members (excludes halogenated alkanes) is 8. The number of phenols is 1. The summed E-state index contributed by atoms with van der Waals surface area (Å²) in [6, 6.07) is 16.4. The van der Waals surface area contributed by atoms with Crippen LogP contribution in [0.4, 0.5) is 0 Å². The van der Waals surface area contributed by atoms with E-state index in [1.54, 1.807) is 12.1 Å². The Balaban J connectivity index is 1.88. The summed E-state index contributed by atoms with van der Waals surface area (Å²) in [6.45, 7) is 9.00. The molecular formula is C32H50O2. The highest BCUT2D eigenvalue weighted by Crippen LogP contribution is 2.29. The van der Waals surface area contributed by atoms with Crippen LogP contribution in [0, 0.1) is 0 Å². The minimum absolute atomic E-state index is 0.153. The third-order valence-electron chi connectivity index (χ3n) is 7.14. The summed E-state index contributed by atoms with van der Waals surface area (Å²) in [5, 5.41) is 21.1. The highest BCUT2D eigenvalue weighted by molar-refractivity contribution is 5.28. The third-order valence-corrected chi connectivity index (χ3v) is 7.14. The van der Waals surface area contributed by atoms with Crippen LogP contribution < -0.4 is 0 Å². The molecule has 0 aromatic heterocycles. The Kier molecular flexibility index (Phi) is 12.2. The second kappa shape index (κ2) is 14.6. The summed E-state index contributed by atoms with van der Waals surface area (Å²) in [5.74, 6) is 0.320. The number of aliphatic hydroxyl groups is 1. The molecule has 190 valence electrons. The fourth-order valence-corrected chi connectivity index (χ4v) is 4.84. The van der Waals surface area contributed by atoms with Crippen LogP contribution in [0.25, 0.3) is 0 Å². The van der Waals surface area contributed by atoms with Crippen LogP contribution >= 0.6 is 0 Å². The lowest BCUT2D eigenvalue weighted by molar-refractivity contribution is 0.0181. The molecule has 0 spiro atoms. The second-order valence-electron chi connectivity index (χ2n) is 11.4.